The van der Waals surface area contributed by atoms with Crippen LogP contribution in [0.2, 0.25) is 0 Å². The van der Waals surface area contributed by atoms with E-state index in [1.54, 1.807) is 30.3 Å². The van der Waals surface area contributed by atoms with Crippen LogP contribution >= 0.6 is 24.0 Å². The third-order valence-corrected chi connectivity index (χ3v) is 6.15. The van der Waals surface area contributed by atoms with Crippen LogP contribution in [0.25, 0.3) is 6.08 Å². The number of nitrogens with one attached hydrogen (secondary N) is 1. The molecule has 0 aliphatic carbocycles. The summed E-state index contributed by atoms with van der Waals surface area (Å²) in [7, 11) is 0. The molecule has 0 atom stereocenters. The Balaban J connectivity index is 1.33. The number of hydrogen-bond acceptors (Lipinski definition) is 8. The minimum absolute atomic E-state index is 0.0913. The number of benzene rings is 2. The second-order valence-corrected chi connectivity index (χ2v) is 8.61. The zero-order valence-corrected chi connectivity index (χ0v) is 18.3. The van der Waals surface area contributed by atoms with Crippen molar-refractivity contribution in [1.82, 2.24) is 4.90 Å². The Kier molecular flexibility index (Phi) is 6.42. The minimum atomic E-state index is -1.37. The molecule has 32 heavy (non-hydrogen) atoms. The number of carbonyl (C=O) groups excluding carboxylic acids is 3. The van der Waals surface area contributed by atoms with Gasteiger partial charge in [0, 0.05) is 24.2 Å². The fraction of sp³-hybridized carbons (Fsp3) is 0.182. The van der Waals surface area contributed by atoms with Crippen LogP contribution in [0.1, 0.15) is 28.8 Å². The molecule has 10 heteroatoms. The van der Waals surface area contributed by atoms with Gasteiger partial charge in [0.2, 0.25) is 12.7 Å². The number of carboxylic acids is 1. The van der Waals surface area contributed by atoms with E-state index in [2.05, 4.69) is 5.32 Å². The maximum absolute atomic E-state index is 12.8. The zero-order chi connectivity index (χ0) is 22.7. The standard InChI is InChI=1S/C22H18N2O6S2/c25-19(23-15-5-2-1-4-14(15)21(27)28)6-3-9-24-20(26)18(32-22(24)31)11-13-7-8-16-17(10-13)30-12-29-16/h1-2,4-5,7-8,10-11H,3,6,9,12H2,(H,23,25)(H,27,28)/p-1/b18-11-. The van der Waals surface area contributed by atoms with Gasteiger partial charge < -0.3 is 24.7 Å². The number of anilines is 1. The van der Waals surface area contributed by atoms with E-state index in [-0.39, 0.29) is 42.8 Å². The first-order valence-electron chi connectivity index (χ1n) is 9.67. The number of amides is 2. The first kappa shape index (κ1) is 21.8. The number of fused-ring (bicyclic) bond motifs is 1. The van der Waals surface area contributed by atoms with Crippen molar-refractivity contribution >= 4 is 57.8 Å². The van der Waals surface area contributed by atoms with Crippen molar-refractivity contribution in [3.05, 3.63) is 58.5 Å². The van der Waals surface area contributed by atoms with Crippen LogP contribution in [-0.2, 0) is 9.59 Å². The van der Waals surface area contributed by atoms with Crippen LogP contribution in [-0.4, -0.2) is 40.3 Å². The highest BCUT2D eigenvalue weighted by atomic mass is 32.2. The number of thiocarbonyl (C=S) groups is 1. The van der Waals surface area contributed by atoms with Gasteiger partial charge in [0.25, 0.3) is 5.91 Å². The Morgan fingerprint density at radius 3 is 2.78 bits per heavy atom. The Morgan fingerprint density at radius 1 is 1.19 bits per heavy atom. The maximum atomic E-state index is 12.8. The topological polar surface area (TPSA) is 108 Å². The average molecular weight is 470 g/mol. The molecule has 4 rings (SSSR count). The molecule has 2 aliphatic heterocycles. The number of ether oxygens (including phenoxy) is 2. The number of carboxylic acid groups (broad SMARTS) is 1. The Bertz CT molecular complexity index is 1150. The number of hydrogen-bond donors (Lipinski definition) is 1. The minimum Gasteiger partial charge on any atom is -0.545 e. The highest BCUT2D eigenvalue weighted by Crippen LogP contribution is 2.36. The number of thioether (sulfide) groups is 1. The van der Waals surface area contributed by atoms with Crippen molar-refractivity contribution < 1.29 is 29.0 Å². The molecular formula is C22H17N2O6S2-. The third-order valence-electron chi connectivity index (χ3n) is 4.77. The highest BCUT2D eigenvalue weighted by Gasteiger charge is 2.31. The number of para-hydroxylation sites is 1. The summed E-state index contributed by atoms with van der Waals surface area (Å²) in [4.78, 5) is 38.1. The van der Waals surface area contributed by atoms with Gasteiger partial charge in [-0.25, -0.2) is 0 Å². The van der Waals surface area contributed by atoms with Gasteiger partial charge in [-0.1, -0.05) is 48.2 Å². The lowest BCUT2D eigenvalue weighted by Gasteiger charge is -2.15. The predicted octanol–water partition coefficient (Wildman–Crippen LogP) is 2.40. The monoisotopic (exact) mass is 469 g/mol. The molecule has 1 fully saturated rings. The molecule has 164 valence electrons. The first-order valence-corrected chi connectivity index (χ1v) is 10.9. The van der Waals surface area contributed by atoms with Crippen LogP contribution < -0.4 is 19.9 Å². The van der Waals surface area contributed by atoms with Crippen molar-refractivity contribution in [2.45, 2.75) is 12.8 Å². The number of aromatic carboxylic acids is 1. The lowest BCUT2D eigenvalue weighted by Crippen LogP contribution is -2.30. The number of nitrogens with zero attached hydrogens (tertiary/aromatic N) is 1. The van der Waals surface area contributed by atoms with Crippen LogP contribution in [0.4, 0.5) is 5.69 Å². The van der Waals surface area contributed by atoms with Crippen LogP contribution in [0.3, 0.4) is 0 Å². The van der Waals surface area contributed by atoms with Crippen molar-refractivity contribution in [2.24, 2.45) is 0 Å². The van der Waals surface area contributed by atoms with Gasteiger partial charge in [-0.3, -0.25) is 14.5 Å². The van der Waals surface area contributed by atoms with E-state index < -0.39 is 5.97 Å². The summed E-state index contributed by atoms with van der Waals surface area (Å²) in [5, 5.41) is 13.7. The summed E-state index contributed by atoms with van der Waals surface area (Å²) in [6.07, 6.45) is 2.20. The molecule has 0 bridgehead atoms. The molecule has 0 radical (unpaired) electrons. The molecule has 0 aromatic heterocycles. The molecule has 2 aliphatic rings. The molecule has 0 saturated carbocycles. The highest BCUT2D eigenvalue weighted by molar-refractivity contribution is 8.26. The summed E-state index contributed by atoms with van der Waals surface area (Å²) in [6, 6.07) is 11.4. The second-order valence-electron chi connectivity index (χ2n) is 6.93. The fourth-order valence-electron chi connectivity index (χ4n) is 3.23. The van der Waals surface area contributed by atoms with Crippen molar-refractivity contribution in [1.29, 1.82) is 0 Å². The summed E-state index contributed by atoms with van der Waals surface area (Å²) < 4.78 is 11.1. The molecule has 1 saturated heterocycles. The largest absolute Gasteiger partial charge is 0.545 e. The predicted molar refractivity (Wildman–Crippen MR) is 121 cm³/mol. The molecular weight excluding hydrogens is 452 g/mol. The second kappa shape index (κ2) is 9.41. The molecule has 0 unspecified atom stereocenters. The summed E-state index contributed by atoms with van der Waals surface area (Å²) >= 11 is 6.53. The average Bonchev–Trinajstić information content (AvgIpc) is 3.33. The maximum Gasteiger partial charge on any atom is 0.266 e. The number of rotatable bonds is 7. The molecule has 2 aromatic rings. The SMILES string of the molecule is O=C(CCCN1C(=O)/C(=C/c2ccc3c(c2)OCO3)SC1=S)Nc1ccccc1C(=O)[O-]. The lowest BCUT2D eigenvalue weighted by atomic mass is 10.1. The van der Waals surface area contributed by atoms with Gasteiger partial charge in [-0.2, -0.15) is 0 Å². The van der Waals surface area contributed by atoms with E-state index in [1.807, 2.05) is 6.07 Å². The quantitative estimate of drug-likeness (QED) is 0.487. The first-order chi connectivity index (χ1) is 15.4. The fourth-order valence-corrected chi connectivity index (χ4v) is 4.54. The van der Waals surface area contributed by atoms with Gasteiger partial charge in [0.1, 0.15) is 4.32 Å². The number of carbonyl (C=O) groups is 3. The smallest absolute Gasteiger partial charge is 0.266 e. The third kappa shape index (κ3) is 4.76. The van der Waals surface area contributed by atoms with E-state index in [0.29, 0.717) is 27.1 Å². The Morgan fingerprint density at radius 2 is 1.97 bits per heavy atom. The molecule has 2 heterocycles. The molecule has 0 spiro atoms. The van der Waals surface area contributed by atoms with Crippen molar-refractivity contribution in [3.8, 4) is 11.5 Å². The summed E-state index contributed by atoms with van der Waals surface area (Å²) in [6.45, 7) is 0.450. The molecule has 2 aromatic carbocycles. The molecule has 2 amide bonds. The van der Waals surface area contributed by atoms with Gasteiger partial charge in [-0.15, -0.1) is 0 Å². The van der Waals surface area contributed by atoms with Crippen molar-refractivity contribution in [2.75, 3.05) is 18.7 Å². The van der Waals surface area contributed by atoms with Gasteiger partial charge in [0.05, 0.1) is 10.9 Å². The Hall–Kier alpha value is -3.37. The molecule has 1 N–H and O–H groups in total. The van der Waals surface area contributed by atoms with Crippen LogP contribution in [0.5, 0.6) is 11.5 Å². The van der Waals surface area contributed by atoms with E-state index in [4.69, 9.17) is 21.7 Å². The van der Waals surface area contributed by atoms with Crippen molar-refractivity contribution in [3.63, 3.8) is 0 Å². The lowest BCUT2D eigenvalue weighted by molar-refractivity contribution is -0.254. The normalized spacial score (nSPS) is 16.0. The van der Waals surface area contributed by atoms with Gasteiger partial charge in [0.15, 0.2) is 11.5 Å². The zero-order valence-electron chi connectivity index (χ0n) is 16.7. The molecule has 8 nitrogen and oxygen atoms in total. The van der Waals surface area contributed by atoms with Crippen LogP contribution in [0, 0.1) is 0 Å². The summed E-state index contributed by atoms with van der Waals surface area (Å²) in [5.74, 6) is -0.663. The van der Waals surface area contributed by atoms with E-state index in [0.717, 1.165) is 5.56 Å². The Labute approximate surface area is 193 Å². The summed E-state index contributed by atoms with van der Waals surface area (Å²) in [5.41, 5.74) is 0.877. The van der Waals surface area contributed by atoms with Gasteiger partial charge >= 0.3 is 0 Å². The van der Waals surface area contributed by atoms with Gasteiger partial charge in [-0.05, 0) is 36.3 Å². The van der Waals surface area contributed by atoms with E-state index in [9.17, 15) is 19.5 Å². The van der Waals surface area contributed by atoms with Crippen LogP contribution in [0.15, 0.2) is 47.4 Å². The van der Waals surface area contributed by atoms with E-state index >= 15 is 0 Å². The van der Waals surface area contributed by atoms with E-state index in [1.165, 1.54) is 28.8 Å².